The lowest BCUT2D eigenvalue weighted by atomic mass is 10.0. The van der Waals surface area contributed by atoms with E-state index in [1.165, 1.54) is 6.07 Å². The van der Waals surface area contributed by atoms with E-state index in [0.717, 1.165) is 10.9 Å². The molecule has 0 aliphatic carbocycles. The van der Waals surface area contributed by atoms with Crippen LogP contribution in [0, 0.1) is 5.82 Å². The topological polar surface area (TPSA) is 0 Å². The standard InChI is InChI=1S/C12H10BrF/c1-8(13)9-6-7-12(14)11-5-3-2-4-10(9)11/h2-8H,1H3. The van der Waals surface area contributed by atoms with Gasteiger partial charge in [-0.05, 0) is 23.9 Å². The fourth-order valence-corrected chi connectivity index (χ4v) is 2.03. The normalized spacial score (nSPS) is 13.1. The molecule has 0 aliphatic heterocycles. The van der Waals surface area contributed by atoms with Gasteiger partial charge in [-0.3, -0.25) is 0 Å². The smallest absolute Gasteiger partial charge is 0.131 e. The lowest BCUT2D eigenvalue weighted by molar-refractivity contribution is 0.639. The second kappa shape index (κ2) is 3.70. The van der Waals surface area contributed by atoms with E-state index in [2.05, 4.69) is 15.9 Å². The van der Waals surface area contributed by atoms with Crippen molar-refractivity contribution in [2.75, 3.05) is 0 Å². The van der Waals surface area contributed by atoms with E-state index in [1.54, 1.807) is 0 Å². The van der Waals surface area contributed by atoms with Gasteiger partial charge in [-0.1, -0.05) is 46.3 Å². The molecule has 0 heterocycles. The minimum atomic E-state index is -0.155. The van der Waals surface area contributed by atoms with Crippen LogP contribution in [0.5, 0.6) is 0 Å². The predicted octanol–water partition coefficient (Wildman–Crippen LogP) is 4.43. The third-order valence-corrected chi connectivity index (χ3v) is 2.83. The predicted molar refractivity (Wildman–Crippen MR) is 61.2 cm³/mol. The van der Waals surface area contributed by atoms with Crippen molar-refractivity contribution in [3.8, 4) is 0 Å². The summed E-state index contributed by atoms with van der Waals surface area (Å²) in [7, 11) is 0. The summed E-state index contributed by atoms with van der Waals surface area (Å²) in [5.41, 5.74) is 1.13. The van der Waals surface area contributed by atoms with Crippen LogP contribution in [0.1, 0.15) is 17.3 Å². The van der Waals surface area contributed by atoms with Crippen LogP contribution in [0.2, 0.25) is 0 Å². The van der Waals surface area contributed by atoms with Crippen molar-refractivity contribution in [1.82, 2.24) is 0 Å². The first-order valence-electron chi connectivity index (χ1n) is 4.51. The fraction of sp³-hybridized carbons (Fsp3) is 0.167. The largest absolute Gasteiger partial charge is 0.206 e. The van der Waals surface area contributed by atoms with E-state index in [-0.39, 0.29) is 10.6 Å². The van der Waals surface area contributed by atoms with Gasteiger partial charge in [0.25, 0.3) is 0 Å². The Labute approximate surface area is 90.9 Å². The monoisotopic (exact) mass is 252 g/mol. The minimum absolute atomic E-state index is 0.155. The van der Waals surface area contributed by atoms with Gasteiger partial charge in [0.1, 0.15) is 5.82 Å². The number of hydrogen-bond acceptors (Lipinski definition) is 0. The average Bonchev–Trinajstić information content (AvgIpc) is 2.18. The van der Waals surface area contributed by atoms with Crippen molar-refractivity contribution >= 4 is 26.7 Å². The molecule has 2 aromatic carbocycles. The molecule has 72 valence electrons. The van der Waals surface area contributed by atoms with Crippen molar-refractivity contribution in [3.05, 3.63) is 47.8 Å². The zero-order chi connectivity index (χ0) is 10.1. The van der Waals surface area contributed by atoms with Crippen LogP contribution in [0.25, 0.3) is 10.8 Å². The Bertz CT molecular complexity index is 463. The van der Waals surface area contributed by atoms with Crippen molar-refractivity contribution in [2.24, 2.45) is 0 Å². The summed E-state index contributed by atoms with van der Waals surface area (Å²) < 4.78 is 13.4. The van der Waals surface area contributed by atoms with Crippen molar-refractivity contribution in [2.45, 2.75) is 11.8 Å². The first-order valence-corrected chi connectivity index (χ1v) is 5.43. The van der Waals surface area contributed by atoms with Gasteiger partial charge in [0.2, 0.25) is 0 Å². The highest BCUT2D eigenvalue weighted by molar-refractivity contribution is 9.09. The number of hydrogen-bond donors (Lipinski definition) is 0. The van der Waals surface area contributed by atoms with Gasteiger partial charge in [0.15, 0.2) is 0 Å². The zero-order valence-corrected chi connectivity index (χ0v) is 9.38. The number of fused-ring (bicyclic) bond motifs is 1. The number of rotatable bonds is 1. The quantitative estimate of drug-likeness (QED) is 0.659. The maximum Gasteiger partial charge on any atom is 0.131 e. The Kier molecular flexibility index (Phi) is 2.55. The van der Waals surface area contributed by atoms with Gasteiger partial charge in [-0.25, -0.2) is 4.39 Å². The molecular weight excluding hydrogens is 243 g/mol. The molecule has 0 saturated carbocycles. The second-order valence-electron chi connectivity index (χ2n) is 3.30. The third-order valence-electron chi connectivity index (χ3n) is 2.33. The van der Waals surface area contributed by atoms with Crippen molar-refractivity contribution in [1.29, 1.82) is 0 Å². The molecule has 0 amide bonds. The van der Waals surface area contributed by atoms with Gasteiger partial charge in [0.05, 0.1) is 0 Å². The highest BCUT2D eigenvalue weighted by Crippen LogP contribution is 2.30. The SMILES string of the molecule is CC(Br)c1ccc(F)c2ccccc12. The Hall–Kier alpha value is -0.890. The van der Waals surface area contributed by atoms with Crippen LogP contribution >= 0.6 is 15.9 Å². The second-order valence-corrected chi connectivity index (χ2v) is 4.67. The Balaban J connectivity index is 2.82. The molecule has 2 aromatic rings. The molecule has 0 spiro atoms. The molecule has 2 rings (SSSR count). The maximum absolute atomic E-state index is 13.4. The molecule has 0 fully saturated rings. The first kappa shape index (κ1) is 9.66. The number of benzene rings is 2. The van der Waals surface area contributed by atoms with E-state index < -0.39 is 0 Å². The Morgan fingerprint density at radius 1 is 1.07 bits per heavy atom. The van der Waals surface area contributed by atoms with E-state index in [4.69, 9.17) is 0 Å². The van der Waals surface area contributed by atoms with Crippen LogP contribution in [0.4, 0.5) is 4.39 Å². The zero-order valence-electron chi connectivity index (χ0n) is 7.80. The molecule has 2 heteroatoms. The minimum Gasteiger partial charge on any atom is -0.206 e. The molecule has 0 saturated heterocycles. The van der Waals surface area contributed by atoms with E-state index in [0.29, 0.717) is 5.39 Å². The van der Waals surface area contributed by atoms with Crippen LogP contribution in [-0.2, 0) is 0 Å². The number of halogens is 2. The highest BCUT2D eigenvalue weighted by Gasteiger charge is 2.08. The van der Waals surface area contributed by atoms with E-state index in [9.17, 15) is 4.39 Å². The van der Waals surface area contributed by atoms with E-state index >= 15 is 0 Å². The summed E-state index contributed by atoms with van der Waals surface area (Å²) in [6, 6.07) is 10.9. The highest BCUT2D eigenvalue weighted by atomic mass is 79.9. The molecular formula is C12H10BrF. The molecule has 0 aromatic heterocycles. The lowest BCUT2D eigenvalue weighted by Gasteiger charge is -2.08. The lowest BCUT2D eigenvalue weighted by Crippen LogP contribution is -1.88. The van der Waals surface area contributed by atoms with Gasteiger partial charge >= 0.3 is 0 Å². The average molecular weight is 253 g/mol. The van der Waals surface area contributed by atoms with Gasteiger partial charge < -0.3 is 0 Å². The molecule has 1 atom stereocenters. The maximum atomic E-state index is 13.4. The molecule has 0 N–H and O–H groups in total. The Morgan fingerprint density at radius 2 is 1.71 bits per heavy atom. The van der Waals surface area contributed by atoms with Crippen LogP contribution in [-0.4, -0.2) is 0 Å². The Morgan fingerprint density at radius 3 is 2.36 bits per heavy atom. The first-order chi connectivity index (χ1) is 6.70. The van der Waals surface area contributed by atoms with Crippen molar-refractivity contribution < 1.29 is 4.39 Å². The number of alkyl halides is 1. The van der Waals surface area contributed by atoms with Gasteiger partial charge in [-0.15, -0.1) is 0 Å². The van der Waals surface area contributed by atoms with Crippen LogP contribution in [0.15, 0.2) is 36.4 Å². The molecule has 0 nitrogen and oxygen atoms in total. The van der Waals surface area contributed by atoms with Crippen molar-refractivity contribution in [3.63, 3.8) is 0 Å². The van der Waals surface area contributed by atoms with Gasteiger partial charge in [0, 0.05) is 10.2 Å². The summed E-state index contributed by atoms with van der Waals surface area (Å²) in [5.74, 6) is -0.155. The summed E-state index contributed by atoms with van der Waals surface area (Å²) in [6.07, 6.45) is 0. The molecule has 0 aliphatic rings. The molecule has 0 radical (unpaired) electrons. The van der Waals surface area contributed by atoms with Crippen LogP contribution in [0.3, 0.4) is 0 Å². The molecule has 1 unspecified atom stereocenters. The summed E-state index contributed by atoms with van der Waals surface area (Å²) in [5, 5.41) is 1.67. The summed E-state index contributed by atoms with van der Waals surface area (Å²) >= 11 is 3.51. The fourth-order valence-electron chi connectivity index (χ4n) is 1.63. The van der Waals surface area contributed by atoms with Crippen LogP contribution < -0.4 is 0 Å². The van der Waals surface area contributed by atoms with Gasteiger partial charge in [-0.2, -0.15) is 0 Å². The molecule has 14 heavy (non-hydrogen) atoms. The third kappa shape index (κ3) is 1.55. The summed E-state index contributed by atoms with van der Waals surface area (Å²) in [6.45, 7) is 2.04. The van der Waals surface area contributed by atoms with E-state index in [1.807, 2.05) is 37.3 Å². The summed E-state index contributed by atoms with van der Waals surface area (Å²) in [4.78, 5) is 0.244. The molecule has 0 bridgehead atoms.